The van der Waals surface area contributed by atoms with E-state index >= 15 is 0 Å². The van der Waals surface area contributed by atoms with Crippen molar-refractivity contribution in [2.75, 3.05) is 0 Å². The molecule has 0 saturated carbocycles. The third-order valence-electron chi connectivity index (χ3n) is 2.00. The molecule has 2 aromatic heterocycles. The number of fused-ring (bicyclic) bond motifs is 1. The molecule has 8 nitrogen and oxygen atoms in total. The number of aryl methyl sites for hydroxylation is 1. The van der Waals surface area contributed by atoms with Crippen LogP contribution in [0.25, 0.3) is 5.78 Å². The summed E-state index contributed by atoms with van der Waals surface area (Å²) in [6, 6.07) is 0. The number of nitrogens with zero attached hydrogens (tertiary/aromatic N) is 5. The van der Waals surface area contributed by atoms with Gasteiger partial charge in [0.25, 0.3) is 20.0 Å². The second-order valence-electron chi connectivity index (χ2n) is 3.04. The summed E-state index contributed by atoms with van der Waals surface area (Å²) in [5.74, 6) is 0.295. The highest BCUT2D eigenvalue weighted by Crippen LogP contribution is 2.09. The summed E-state index contributed by atoms with van der Waals surface area (Å²) in [4.78, 5) is 19.1. The van der Waals surface area contributed by atoms with Gasteiger partial charge in [0.05, 0.1) is 0 Å². The van der Waals surface area contributed by atoms with Crippen molar-refractivity contribution in [2.24, 2.45) is 7.05 Å². The van der Waals surface area contributed by atoms with Crippen molar-refractivity contribution in [2.45, 2.75) is 12.1 Å². The Morgan fingerprint density at radius 1 is 1.31 bits per heavy atom. The molecule has 0 aliphatic heterocycles. The van der Waals surface area contributed by atoms with E-state index in [2.05, 4.69) is 15.1 Å². The number of hydrogen-bond donors (Lipinski definition) is 0. The molecule has 16 heavy (non-hydrogen) atoms. The van der Waals surface area contributed by atoms with E-state index in [4.69, 9.17) is 10.7 Å². The van der Waals surface area contributed by atoms with Crippen molar-refractivity contribution >= 4 is 25.5 Å². The molecule has 0 atom stereocenters. The summed E-state index contributed by atoms with van der Waals surface area (Å²) >= 11 is 0. The quantitative estimate of drug-likeness (QED) is 0.616. The number of aromatic nitrogens is 5. The van der Waals surface area contributed by atoms with E-state index in [1.54, 1.807) is 6.92 Å². The van der Waals surface area contributed by atoms with Crippen molar-refractivity contribution < 1.29 is 8.42 Å². The third-order valence-corrected chi connectivity index (χ3v) is 3.03. The Labute approximate surface area is 93.9 Å². The Hall–Kier alpha value is -1.48. The van der Waals surface area contributed by atoms with Gasteiger partial charge >= 0.3 is 5.69 Å². The van der Waals surface area contributed by atoms with Crippen LogP contribution in [0.2, 0.25) is 0 Å². The topological polar surface area (TPSA) is 99.2 Å². The number of halogens is 1. The minimum absolute atomic E-state index is 0.0974. The van der Waals surface area contributed by atoms with Crippen molar-refractivity contribution in [3.63, 3.8) is 0 Å². The lowest BCUT2D eigenvalue weighted by atomic mass is 10.6. The summed E-state index contributed by atoms with van der Waals surface area (Å²) in [5.41, 5.74) is -0.540. The van der Waals surface area contributed by atoms with Crippen LogP contribution in [0.15, 0.2) is 9.95 Å². The molecule has 0 amide bonds. The molecule has 0 spiro atoms. The van der Waals surface area contributed by atoms with Crippen molar-refractivity contribution in [3.05, 3.63) is 16.3 Å². The summed E-state index contributed by atoms with van der Waals surface area (Å²) in [6.45, 7) is 1.59. The fourth-order valence-corrected chi connectivity index (χ4v) is 1.66. The monoisotopic (exact) mass is 263 g/mol. The molecule has 0 N–H and O–H groups in total. The SMILES string of the molecule is Cc1nc2nc(S(=O)(=O)Cl)nn2c(=O)n1C. The highest BCUT2D eigenvalue weighted by atomic mass is 35.7. The van der Waals surface area contributed by atoms with Crippen LogP contribution in [-0.4, -0.2) is 32.6 Å². The first-order chi connectivity index (χ1) is 7.30. The molecule has 0 bridgehead atoms. The van der Waals surface area contributed by atoms with Gasteiger partial charge in [-0.05, 0) is 6.92 Å². The van der Waals surface area contributed by atoms with Gasteiger partial charge in [-0.3, -0.25) is 4.57 Å². The summed E-state index contributed by atoms with van der Waals surface area (Å²) in [7, 11) is 2.48. The zero-order valence-corrected chi connectivity index (χ0v) is 9.82. The van der Waals surface area contributed by atoms with E-state index in [0.717, 1.165) is 4.52 Å². The van der Waals surface area contributed by atoms with E-state index in [0.29, 0.717) is 5.82 Å². The number of hydrogen-bond acceptors (Lipinski definition) is 6. The fraction of sp³-hybridized carbons (Fsp3) is 0.333. The second-order valence-corrected chi connectivity index (χ2v) is 5.50. The first-order valence-corrected chi connectivity index (χ1v) is 6.36. The zero-order valence-electron chi connectivity index (χ0n) is 8.25. The van der Waals surface area contributed by atoms with Gasteiger partial charge in [-0.2, -0.15) is 9.97 Å². The Balaban J connectivity index is 2.93. The van der Waals surface area contributed by atoms with Crippen molar-refractivity contribution in [3.8, 4) is 0 Å². The Morgan fingerprint density at radius 3 is 2.50 bits per heavy atom. The Morgan fingerprint density at radius 2 is 1.94 bits per heavy atom. The van der Waals surface area contributed by atoms with Crippen LogP contribution >= 0.6 is 10.7 Å². The summed E-state index contributed by atoms with van der Waals surface area (Å²) in [6.07, 6.45) is 0. The molecular formula is C6H6ClN5O3S. The third kappa shape index (κ3) is 1.57. The lowest BCUT2D eigenvalue weighted by molar-refractivity contribution is 0.599. The first-order valence-electron chi connectivity index (χ1n) is 4.06. The van der Waals surface area contributed by atoms with Crippen LogP contribution in [-0.2, 0) is 16.1 Å². The molecule has 2 rings (SSSR count). The predicted molar refractivity (Wildman–Crippen MR) is 53.8 cm³/mol. The van der Waals surface area contributed by atoms with Crippen molar-refractivity contribution in [1.29, 1.82) is 0 Å². The minimum Gasteiger partial charge on any atom is -0.283 e. The average molecular weight is 264 g/mol. The molecule has 2 heterocycles. The largest absolute Gasteiger partial charge is 0.353 e. The molecule has 0 aromatic carbocycles. The smallest absolute Gasteiger partial charge is 0.283 e. The lowest BCUT2D eigenvalue weighted by Gasteiger charge is -1.99. The molecule has 0 radical (unpaired) electrons. The average Bonchev–Trinajstić information content (AvgIpc) is 2.57. The van der Waals surface area contributed by atoms with E-state index in [1.807, 2.05) is 0 Å². The standard InChI is InChI=1S/C6H6ClN5O3S/c1-3-8-4-9-5(16(7,14)15)10-12(4)6(13)11(3)2/h1-2H3. The molecule has 86 valence electrons. The van der Waals surface area contributed by atoms with E-state index in [-0.39, 0.29) is 5.78 Å². The minimum atomic E-state index is -4.07. The second kappa shape index (κ2) is 3.25. The van der Waals surface area contributed by atoms with Gasteiger partial charge < -0.3 is 0 Å². The van der Waals surface area contributed by atoms with Gasteiger partial charge in [0.2, 0.25) is 0 Å². The molecule has 2 aromatic rings. The Kier molecular flexibility index (Phi) is 2.24. The first kappa shape index (κ1) is 11.0. The van der Waals surface area contributed by atoms with Gasteiger partial charge in [-0.1, -0.05) is 0 Å². The lowest BCUT2D eigenvalue weighted by Crippen LogP contribution is -2.28. The van der Waals surface area contributed by atoms with Gasteiger partial charge in [0, 0.05) is 17.7 Å². The normalized spacial score (nSPS) is 12.2. The molecule has 0 fully saturated rings. The van der Waals surface area contributed by atoms with E-state index in [9.17, 15) is 13.2 Å². The maximum absolute atomic E-state index is 11.6. The zero-order chi connectivity index (χ0) is 12.1. The molecule has 0 aliphatic carbocycles. The summed E-state index contributed by atoms with van der Waals surface area (Å²) in [5, 5.41) is 2.84. The maximum Gasteiger partial charge on any atom is 0.353 e. The van der Waals surface area contributed by atoms with Gasteiger partial charge in [-0.25, -0.2) is 13.2 Å². The fourth-order valence-electron chi connectivity index (χ4n) is 1.09. The summed E-state index contributed by atoms with van der Waals surface area (Å²) < 4.78 is 23.9. The maximum atomic E-state index is 11.6. The number of rotatable bonds is 1. The van der Waals surface area contributed by atoms with E-state index in [1.165, 1.54) is 11.6 Å². The molecule has 0 unspecified atom stereocenters. The molecule has 10 heteroatoms. The van der Waals surface area contributed by atoms with Gasteiger partial charge in [0.15, 0.2) is 0 Å². The molecule has 0 saturated heterocycles. The van der Waals surface area contributed by atoms with Gasteiger partial charge in [0.1, 0.15) is 5.82 Å². The van der Waals surface area contributed by atoms with Gasteiger partial charge in [-0.15, -0.1) is 9.61 Å². The van der Waals surface area contributed by atoms with Crippen LogP contribution in [0.4, 0.5) is 0 Å². The van der Waals surface area contributed by atoms with Crippen LogP contribution in [0.1, 0.15) is 5.82 Å². The van der Waals surface area contributed by atoms with Crippen LogP contribution in [0.3, 0.4) is 0 Å². The predicted octanol–water partition coefficient (Wildman–Crippen LogP) is -0.941. The molecule has 0 aliphatic rings. The van der Waals surface area contributed by atoms with Crippen LogP contribution in [0, 0.1) is 6.92 Å². The highest BCUT2D eigenvalue weighted by molar-refractivity contribution is 8.13. The Bertz CT molecular complexity index is 730. The highest BCUT2D eigenvalue weighted by Gasteiger charge is 2.19. The van der Waals surface area contributed by atoms with Crippen LogP contribution < -0.4 is 5.69 Å². The van der Waals surface area contributed by atoms with Crippen LogP contribution in [0.5, 0.6) is 0 Å². The van der Waals surface area contributed by atoms with E-state index < -0.39 is 19.9 Å². The molecular weight excluding hydrogens is 258 g/mol. The van der Waals surface area contributed by atoms with Crippen molar-refractivity contribution in [1.82, 2.24) is 24.1 Å².